The number of hydrogen-bond acceptors (Lipinski definition) is 4. The third-order valence-corrected chi connectivity index (χ3v) is 5.28. The third-order valence-electron chi connectivity index (χ3n) is 5.28. The van der Waals surface area contributed by atoms with Gasteiger partial charge in [0.15, 0.2) is 0 Å². The van der Waals surface area contributed by atoms with Crippen LogP contribution in [0.15, 0.2) is 54.9 Å². The Labute approximate surface area is 165 Å². The lowest BCUT2D eigenvalue weighted by molar-refractivity contribution is 0.956. The van der Waals surface area contributed by atoms with Crippen LogP contribution < -0.4 is 11.1 Å². The molecule has 4 rings (SSSR count). The van der Waals surface area contributed by atoms with Crippen molar-refractivity contribution in [2.24, 2.45) is 5.73 Å². The number of hydrogen-bond donors (Lipinski definition) is 2. The topological polar surface area (TPSA) is 68.8 Å². The lowest BCUT2D eigenvalue weighted by Crippen LogP contribution is -2.03. The zero-order valence-electron chi connectivity index (χ0n) is 16.5. The van der Waals surface area contributed by atoms with Gasteiger partial charge in [-0.25, -0.2) is 4.98 Å². The van der Waals surface area contributed by atoms with Gasteiger partial charge in [-0.3, -0.25) is 0 Å². The summed E-state index contributed by atoms with van der Waals surface area (Å²) in [4.78, 5) is 9.16. The fourth-order valence-electron chi connectivity index (χ4n) is 3.57. The van der Waals surface area contributed by atoms with Crippen LogP contribution in [0.2, 0.25) is 0 Å². The summed E-state index contributed by atoms with van der Waals surface area (Å²) < 4.78 is 2.11. The number of anilines is 2. The maximum Gasteiger partial charge on any atom is 0.229 e. The van der Waals surface area contributed by atoms with E-state index in [0.29, 0.717) is 12.5 Å². The minimum absolute atomic E-state index is 0.582. The molecule has 0 radical (unpaired) electrons. The van der Waals surface area contributed by atoms with Gasteiger partial charge in [0.2, 0.25) is 5.95 Å². The molecule has 2 aromatic carbocycles. The summed E-state index contributed by atoms with van der Waals surface area (Å²) >= 11 is 0. The Hall–Kier alpha value is -3.18. The van der Waals surface area contributed by atoms with E-state index < -0.39 is 0 Å². The Bertz CT molecular complexity index is 1120. The van der Waals surface area contributed by atoms with E-state index in [1.807, 2.05) is 12.1 Å². The van der Waals surface area contributed by atoms with Crippen molar-refractivity contribution in [3.8, 4) is 5.82 Å². The summed E-state index contributed by atoms with van der Waals surface area (Å²) in [6.45, 7) is 7.00. The number of aryl methyl sites for hydroxylation is 2. The van der Waals surface area contributed by atoms with Crippen LogP contribution in [0.4, 0.5) is 11.6 Å². The molecule has 0 aliphatic carbocycles. The van der Waals surface area contributed by atoms with Gasteiger partial charge in [-0.2, -0.15) is 4.98 Å². The molecule has 0 spiro atoms. The molecule has 2 aromatic heterocycles. The van der Waals surface area contributed by atoms with Gasteiger partial charge in [-0.1, -0.05) is 18.2 Å². The normalized spacial score (nSPS) is 11.1. The molecule has 0 bridgehead atoms. The van der Waals surface area contributed by atoms with Crippen molar-refractivity contribution in [2.45, 2.75) is 27.2 Å². The smallest absolute Gasteiger partial charge is 0.229 e. The van der Waals surface area contributed by atoms with Crippen molar-refractivity contribution in [1.29, 1.82) is 0 Å². The fourth-order valence-corrected chi connectivity index (χ4v) is 3.57. The number of nitrogens with zero attached hydrogens (tertiary/aromatic N) is 3. The first-order chi connectivity index (χ1) is 13.6. The summed E-state index contributed by atoms with van der Waals surface area (Å²) in [5.74, 6) is 1.41. The minimum atomic E-state index is 0.582. The maximum absolute atomic E-state index is 5.80. The lowest BCUT2D eigenvalue weighted by Gasteiger charge is -2.11. The summed E-state index contributed by atoms with van der Waals surface area (Å²) in [5, 5.41) is 4.56. The zero-order chi connectivity index (χ0) is 19.7. The van der Waals surface area contributed by atoms with E-state index in [2.05, 4.69) is 72.2 Å². The maximum atomic E-state index is 5.80. The Kier molecular flexibility index (Phi) is 4.84. The van der Waals surface area contributed by atoms with Gasteiger partial charge in [-0.15, -0.1) is 0 Å². The molecule has 0 atom stereocenters. The highest BCUT2D eigenvalue weighted by molar-refractivity contribution is 5.85. The standard InChI is InChI=1S/C23H25N5/c1-15-12-19(13-16(2)17(15)3)26-23-25-11-9-22(27-23)28-14-18(8-10-24)20-6-4-5-7-21(20)28/h4-7,9,11-14H,8,10,24H2,1-3H3,(H,25,26,27). The van der Waals surface area contributed by atoms with E-state index in [0.717, 1.165) is 23.4 Å². The number of aromatic nitrogens is 3. The number of nitrogens with one attached hydrogen (secondary N) is 1. The van der Waals surface area contributed by atoms with Crippen molar-refractivity contribution in [3.05, 3.63) is 77.1 Å². The van der Waals surface area contributed by atoms with Crippen LogP contribution in [-0.4, -0.2) is 21.1 Å². The first kappa shape index (κ1) is 18.2. The molecule has 4 aromatic rings. The van der Waals surface area contributed by atoms with Gasteiger partial charge in [0.1, 0.15) is 5.82 Å². The van der Waals surface area contributed by atoms with Gasteiger partial charge >= 0.3 is 0 Å². The molecular weight excluding hydrogens is 346 g/mol. The van der Waals surface area contributed by atoms with E-state index in [1.54, 1.807) is 6.20 Å². The van der Waals surface area contributed by atoms with Crippen LogP contribution in [0, 0.1) is 20.8 Å². The predicted molar refractivity (Wildman–Crippen MR) is 116 cm³/mol. The number of para-hydroxylation sites is 1. The molecule has 5 nitrogen and oxygen atoms in total. The molecule has 0 saturated heterocycles. The second-order valence-electron chi connectivity index (χ2n) is 7.18. The highest BCUT2D eigenvalue weighted by atomic mass is 15.2. The Morgan fingerprint density at radius 1 is 1.04 bits per heavy atom. The molecule has 142 valence electrons. The highest BCUT2D eigenvalue weighted by Gasteiger charge is 2.11. The van der Waals surface area contributed by atoms with Crippen LogP contribution in [0.25, 0.3) is 16.7 Å². The molecule has 0 aliphatic heterocycles. The number of fused-ring (bicyclic) bond motifs is 1. The first-order valence-corrected chi connectivity index (χ1v) is 9.54. The van der Waals surface area contributed by atoms with Crippen LogP contribution in [0.1, 0.15) is 22.3 Å². The van der Waals surface area contributed by atoms with Crippen molar-refractivity contribution >= 4 is 22.5 Å². The second-order valence-corrected chi connectivity index (χ2v) is 7.18. The predicted octanol–water partition coefficient (Wildman–Crippen LogP) is 4.59. The average molecular weight is 371 g/mol. The van der Waals surface area contributed by atoms with E-state index in [9.17, 15) is 0 Å². The molecular formula is C23H25N5. The fraction of sp³-hybridized carbons (Fsp3) is 0.217. The van der Waals surface area contributed by atoms with E-state index >= 15 is 0 Å². The van der Waals surface area contributed by atoms with E-state index in [-0.39, 0.29) is 0 Å². The lowest BCUT2D eigenvalue weighted by atomic mass is 10.0. The number of benzene rings is 2. The molecule has 28 heavy (non-hydrogen) atoms. The van der Waals surface area contributed by atoms with Crippen LogP contribution in [0.5, 0.6) is 0 Å². The highest BCUT2D eigenvalue weighted by Crippen LogP contribution is 2.25. The van der Waals surface area contributed by atoms with Gasteiger partial charge in [-0.05, 0) is 80.3 Å². The zero-order valence-corrected chi connectivity index (χ0v) is 16.5. The first-order valence-electron chi connectivity index (χ1n) is 9.54. The molecule has 0 fully saturated rings. The van der Waals surface area contributed by atoms with Crippen molar-refractivity contribution in [1.82, 2.24) is 14.5 Å². The monoisotopic (exact) mass is 371 g/mol. The van der Waals surface area contributed by atoms with Gasteiger partial charge in [0, 0.05) is 23.5 Å². The molecule has 3 N–H and O–H groups in total. The van der Waals surface area contributed by atoms with Crippen molar-refractivity contribution < 1.29 is 0 Å². The average Bonchev–Trinajstić information content (AvgIpc) is 3.05. The summed E-state index contributed by atoms with van der Waals surface area (Å²) in [5.41, 5.74) is 13.0. The van der Waals surface area contributed by atoms with Gasteiger partial charge in [0.05, 0.1) is 5.52 Å². The van der Waals surface area contributed by atoms with E-state index in [4.69, 9.17) is 10.7 Å². The third kappa shape index (κ3) is 3.37. The Morgan fingerprint density at radius 2 is 1.79 bits per heavy atom. The summed E-state index contributed by atoms with van der Waals surface area (Å²) in [6, 6.07) is 14.5. The minimum Gasteiger partial charge on any atom is -0.330 e. The number of nitrogens with two attached hydrogens (primary N) is 1. The molecule has 0 aliphatic rings. The second kappa shape index (κ2) is 7.44. The van der Waals surface area contributed by atoms with Gasteiger partial charge in [0.25, 0.3) is 0 Å². The SMILES string of the molecule is Cc1cc(Nc2nccc(-n3cc(CCN)c4ccccc43)n2)cc(C)c1C. The Morgan fingerprint density at radius 3 is 2.54 bits per heavy atom. The van der Waals surface area contributed by atoms with Gasteiger partial charge < -0.3 is 15.6 Å². The molecule has 0 saturated carbocycles. The van der Waals surface area contributed by atoms with E-state index in [1.165, 1.54) is 27.6 Å². The van der Waals surface area contributed by atoms with Crippen molar-refractivity contribution in [3.63, 3.8) is 0 Å². The summed E-state index contributed by atoms with van der Waals surface area (Å²) in [7, 11) is 0. The molecule has 0 amide bonds. The van der Waals surface area contributed by atoms with Crippen LogP contribution >= 0.6 is 0 Å². The Balaban J connectivity index is 1.73. The quantitative estimate of drug-likeness (QED) is 0.538. The molecule has 2 heterocycles. The van der Waals surface area contributed by atoms with Crippen molar-refractivity contribution in [2.75, 3.05) is 11.9 Å². The largest absolute Gasteiger partial charge is 0.330 e. The van der Waals surface area contributed by atoms with Crippen LogP contribution in [0.3, 0.4) is 0 Å². The molecule has 5 heteroatoms. The van der Waals surface area contributed by atoms with Crippen LogP contribution in [-0.2, 0) is 6.42 Å². The molecule has 0 unspecified atom stereocenters. The summed E-state index contributed by atoms with van der Waals surface area (Å²) in [6.07, 6.45) is 4.76. The number of rotatable bonds is 5.